The molecule has 0 aliphatic carbocycles. The van der Waals surface area contributed by atoms with Gasteiger partial charge in [0.2, 0.25) is 5.91 Å². The Balaban J connectivity index is 4.12. The number of amides is 1. The van der Waals surface area contributed by atoms with Crippen LogP contribution < -0.4 is 10.2 Å². The van der Waals surface area contributed by atoms with Crippen molar-refractivity contribution in [3.63, 3.8) is 0 Å². The molecule has 8 nitrogen and oxygen atoms in total. The Labute approximate surface area is 349 Å². The minimum atomic E-state index is -4.56. The van der Waals surface area contributed by atoms with Crippen LogP contribution in [-0.2, 0) is 18.4 Å². The quantitative estimate of drug-likeness (QED) is 0.0360. The highest BCUT2D eigenvalue weighted by Crippen LogP contribution is 2.38. The molecule has 3 atom stereocenters. The first-order chi connectivity index (χ1) is 27.0. The molecule has 0 saturated heterocycles. The highest BCUT2D eigenvalue weighted by molar-refractivity contribution is 7.45. The molecule has 0 spiro atoms. The van der Waals surface area contributed by atoms with Gasteiger partial charge in [0, 0.05) is 6.42 Å². The van der Waals surface area contributed by atoms with Crippen molar-refractivity contribution in [3.8, 4) is 0 Å². The molecule has 0 aromatic carbocycles. The molecule has 2 N–H and O–H groups in total. The fraction of sp³-hybridized carbons (Fsp3) is 0.979. The van der Waals surface area contributed by atoms with Crippen molar-refractivity contribution in [3.05, 3.63) is 0 Å². The molecule has 0 rings (SSSR count). The normalized spacial score (nSPS) is 14.2. The summed E-state index contributed by atoms with van der Waals surface area (Å²) in [5.74, 6) is -0.163. The monoisotopic (exact) mass is 817 g/mol. The standard InChI is InChI=1S/C47H97N2O6P/c1-6-8-10-12-14-16-18-19-20-21-22-23-24-25-26-27-28-29-30-31-32-34-36-38-40-46(50)45(44-55-56(52,53)54-43-42-49(3,4)5)48-47(51)41-39-37-35-33-17-15-13-11-9-7-2/h45-46,50H,6-44H2,1-5H3,(H-,48,51,52,53). The number of carbonyl (C=O) groups excluding carboxylic acids is 1. The van der Waals surface area contributed by atoms with E-state index in [1.165, 1.54) is 180 Å². The van der Waals surface area contributed by atoms with Gasteiger partial charge < -0.3 is 28.8 Å². The van der Waals surface area contributed by atoms with E-state index in [1.54, 1.807) is 0 Å². The third kappa shape index (κ3) is 41.7. The molecule has 0 radical (unpaired) electrons. The van der Waals surface area contributed by atoms with Crippen LogP contribution in [0, 0.1) is 0 Å². The Morgan fingerprint density at radius 3 is 1.21 bits per heavy atom. The van der Waals surface area contributed by atoms with Crippen molar-refractivity contribution in [1.82, 2.24) is 5.32 Å². The number of unbranched alkanes of at least 4 members (excludes halogenated alkanes) is 32. The fourth-order valence-electron chi connectivity index (χ4n) is 7.45. The van der Waals surface area contributed by atoms with E-state index in [0.717, 1.165) is 38.5 Å². The van der Waals surface area contributed by atoms with E-state index in [-0.39, 0.29) is 19.1 Å². The van der Waals surface area contributed by atoms with E-state index in [2.05, 4.69) is 19.2 Å². The summed E-state index contributed by atoms with van der Waals surface area (Å²) in [7, 11) is 1.32. The molecule has 0 aromatic heterocycles. The van der Waals surface area contributed by atoms with E-state index in [9.17, 15) is 19.4 Å². The number of rotatable bonds is 45. The second kappa shape index (κ2) is 39.9. The van der Waals surface area contributed by atoms with Crippen molar-refractivity contribution in [2.45, 2.75) is 257 Å². The third-order valence-corrected chi connectivity index (χ3v) is 12.3. The van der Waals surface area contributed by atoms with Gasteiger partial charge in [-0.1, -0.05) is 226 Å². The van der Waals surface area contributed by atoms with Gasteiger partial charge >= 0.3 is 0 Å². The Morgan fingerprint density at radius 2 is 0.875 bits per heavy atom. The first kappa shape index (κ1) is 55.5. The molecule has 0 saturated carbocycles. The summed E-state index contributed by atoms with van der Waals surface area (Å²) in [4.78, 5) is 25.3. The van der Waals surface area contributed by atoms with Crippen LogP contribution in [0.4, 0.5) is 0 Å². The van der Waals surface area contributed by atoms with E-state index >= 15 is 0 Å². The highest BCUT2D eigenvalue weighted by atomic mass is 31.2. The molecule has 9 heteroatoms. The number of hydrogen-bond donors (Lipinski definition) is 2. The average Bonchev–Trinajstić information content (AvgIpc) is 3.15. The van der Waals surface area contributed by atoms with Gasteiger partial charge in [0.05, 0.1) is 39.9 Å². The number of nitrogens with zero attached hydrogens (tertiary/aromatic N) is 1. The number of aliphatic hydroxyl groups excluding tert-OH is 1. The molecule has 0 aromatic rings. The van der Waals surface area contributed by atoms with Crippen molar-refractivity contribution in [2.24, 2.45) is 0 Å². The maximum atomic E-state index is 12.8. The maximum Gasteiger partial charge on any atom is 0.268 e. The van der Waals surface area contributed by atoms with Gasteiger partial charge in [0.25, 0.3) is 7.82 Å². The summed E-state index contributed by atoms with van der Waals surface area (Å²) in [5, 5.41) is 13.9. The Hall–Kier alpha value is -0.500. The van der Waals surface area contributed by atoms with Crippen LogP contribution in [0.25, 0.3) is 0 Å². The van der Waals surface area contributed by atoms with Gasteiger partial charge in [-0.3, -0.25) is 9.36 Å². The zero-order valence-corrected chi connectivity index (χ0v) is 39.0. The zero-order valence-electron chi connectivity index (χ0n) is 38.1. The number of carbonyl (C=O) groups is 1. The lowest BCUT2D eigenvalue weighted by Gasteiger charge is -2.30. The minimum absolute atomic E-state index is 0.0160. The summed E-state index contributed by atoms with van der Waals surface area (Å²) in [6, 6.07) is -0.792. The fourth-order valence-corrected chi connectivity index (χ4v) is 8.18. The second-order valence-electron chi connectivity index (χ2n) is 18.2. The van der Waals surface area contributed by atoms with Gasteiger partial charge in [0.1, 0.15) is 13.2 Å². The number of quaternary nitrogens is 1. The first-order valence-corrected chi connectivity index (χ1v) is 25.8. The summed E-state index contributed by atoms with van der Waals surface area (Å²) in [6.07, 6.45) is 44.1. The van der Waals surface area contributed by atoms with Gasteiger partial charge in [-0.15, -0.1) is 0 Å². The van der Waals surface area contributed by atoms with Gasteiger partial charge in [-0.2, -0.15) is 0 Å². The minimum Gasteiger partial charge on any atom is -0.756 e. The van der Waals surface area contributed by atoms with Crippen LogP contribution in [0.1, 0.15) is 245 Å². The number of nitrogens with one attached hydrogen (secondary N) is 1. The SMILES string of the molecule is CCCCCCCCCCCCCCCCCCCCCCCCCCC(O)C(COP(=O)([O-])OCC[N+](C)(C)C)NC(=O)CCCCCCCCCCCC. The lowest BCUT2D eigenvalue weighted by atomic mass is 10.0. The average molecular weight is 817 g/mol. The number of hydrogen-bond acceptors (Lipinski definition) is 6. The summed E-state index contributed by atoms with van der Waals surface area (Å²) in [6.45, 7) is 4.73. The number of aliphatic hydroxyl groups is 1. The first-order valence-electron chi connectivity index (χ1n) is 24.4. The van der Waals surface area contributed by atoms with Crippen LogP contribution in [0.2, 0.25) is 0 Å². The van der Waals surface area contributed by atoms with E-state index < -0.39 is 20.0 Å². The smallest absolute Gasteiger partial charge is 0.268 e. The molecule has 0 aliphatic heterocycles. The van der Waals surface area contributed by atoms with Crippen LogP contribution in [-0.4, -0.2) is 68.5 Å². The Kier molecular flexibility index (Phi) is 39.6. The molecule has 0 heterocycles. The third-order valence-electron chi connectivity index (χ3n) is 11.3. The van der Waals surface area contributed by atoms with Crippen LogP contribution in [0.15, 0.2) is 0 Å². The molecule has 56 heavy (non-hydrogen) atoms. The molecular weight excluding hydrogens is 719 g/mol. The Bertz CT molecular complexity index is 885. The van der Waals surface area contributed by atoms with E-state index in [0.29, 0.717) is 23.9 Å². The molecule has 1 amide bonds. The van der Waals surface area contributed by atoms with Crippen molar-refractivity contribution in [1.29, 1.82) is 0 Å². The predicted octanol–water partition coefficient (Wildman–Crippen LogP) is 13.1. The topological polar surface area (TPSA) is 108 Å². The van der Waals surface area contributed by atoms with Gasteiger partial charge in [-0.05, 0) is 12.8 Å². The predicted molar refractivity (Wildman–Crippen MR) is 238 cm³/mol. The Morgan fingerprint density at radius 1 is 0.554 bits per heavy atom. The lowest BCUT2D eigenvalue weighted by Crippen LogP contribution is -2.46. The van der Waals surface area contributed by atoms with E-state index in [1.807, 2.05) is 21.1 Å². The molecule has 0 bridgehead atoms. The number of phosphoric acid groups is 1. The molecule has 0 fully saturated rings. The summed E-state index contributed by atoms with van der Waals surface area (Å²) < 4.78 is 23.3. The summed E-state index contributed by atoms with van der Waals surface area (Å²) >= 11 is 0. The van der Waals surface area contributed by atoms with Crippen molar-refractivity contribution >= 4 is 13.7 Å². The number of likely N-dealkylation sites (N-methyl/N-ethyl adjacent to an activating group) is 1. The van der Waals surface area contributed by atoms with Crippen LogP contribution >= 0.6 is 7.82 Å². The largest absolute Gasteiger partial charge is 0.756 e. The van der Waals surface area contributed by atoms with Crippen molar-refractivity contribution in [2.75, 3.05) is 40.9 Å². The van der Waals surface area contributed by atoms with Crippen LogP contribution in [0.5, 0.6) is 0 Å². The van der Waals surface area contributed by atoms with Crippen LogP contribution in [0.3, 0.4) is 0 Å². The highest BCUT2D eigenvalue weighted by Gasteiger charge is 2.24. The maximum absolute atomic E-state index is 12.8. The van der Waals surface area contributed by atoms with E-state index in [4.69, 9.17) is 9.05 Å². The zero-order chi connectivity index (χ0) is 41.4. The van der Waals surface area contributed by atoms with Gasteiger partial charge in [0.15, 0.2) is 0 Å². The molecular formula is C47H97N2O6P. The second-order valence-corrected chi connectivity index (χ2v) is 19.6. The molecule has 336 valence electrons. The number of phosphoric ester groups is 1. The van der Waals surface area contributed by atoms with Crippen molar-refractivity contribution < 1.29 is 32.9 Å². The molecule has 0 aliphatic rings. The molecule has 3 unspecified atom stereocenters. The lowest BCUT2D eigenvalue weighted by molar-refractivity contribution is -0.870. The van der Waals surface area contributed by atoms with Gasteiger partial charge in [-0.25, -0.2) is 0 Å². The summed E-state index contributed by atoms with van der Waals surface area (Å²) in [5.41, 5.74) is 0.